The minimum atomic E-state index is -0.506. The Morgan fingerprint density at radius 3 is 2.38 bits per heavy atom. The maximum Gasteiger partial charge on any atom is 0.261 e. The number of hydrogen-bond acceptors (Lipinski definition) is 2. The number of ether oxygens (including phenoxy) is 1. The molecule has 1 aromatic carbocycles. The van der Waals surface area contributed by atoms with Crippen LogP contribution in [0.15, 0.2) is 24.3 Å². The van der Waals surface area contributed by atoms with Gasteiger partial charge in [0, 0.05) is 17.9 Å². The highest BCUT2D eigenvalue weighted by Crippen LogP contribution is 2.26. The number of quaternary nitrogens is 1. The summed E-state index contributed by atoms with van der Waals surface area (Å²) in [6.07, 6.45) is 9.86. The van der Waals surface area contributed by atoms with Crippen LogP contribution in [-0.4, -0.2) is 37.2 Å². The monoisotopic (exact) mass is 379 g/mol. The SMILES string of the molecule is C[C@H](Oc1ccc(Cl)cc1)C(=O)NCC1([NH+]2CCCCC2)CCCCC1. The van der Waals surface area contributed by atoms with E-state index in [0.29, 0.717) is 10.8 Å². The lowest BCUT2D eigenvalue weighted by Crippen LogP contribution is -3.22. The van der Waals surface area contributed by atoms with E-state index in [1.165, 1.54) is 64.5 Å². The lowest BCUT2D eigenvalue weighted by atomic mass is 9.79. The van der Waals surface area contributed by atoms with E-state index in [-0.39, 0.29) is 11.4 Å². The van der Waals surface area contributed by atoms with Crippen molar-refractivity contribution in [2.24, 2.45) is 0 Å². The molecule has 2 aliphatic rings. The summed E-state index contributed by atoms with van der Waals surface area (Å²) >= 11 is 5.90. The van der Waals surface area contributed by atoms with Gasteiger partial charge in [-0.1, -0.05) is 18.0 Å². The van der Waals surface area contributed by atoms with Crippen molar-refractivity contribution in [1.82, 2.24) is 5.32 Å². The third-order valence-corrected chi connectivity index (χ3v) is 6.37. The van der Waals surface area contributed by atoms with E-state index in [9.17, 15) is 4.79 Å². The molecule has 0 aromatic heterocycles. The molecule has 144 valence electrons. The van der Waals surface area contributed by atoms with Gasteiger partial charge >= 0.3 is 0 Å². The van der Waals surface area contributed by atoms with Crippen molar-refractivity contribution in [3.8, 4) is 5.75 Å². The van der Waals surface area contributed by atoms with E-state index in [2.05, 4.69) is 5.32 Å². The molecule has 1 amide bonds. The van der Waals surface area contributed by atoms with Crippen molar-refractivity contribution in [2.45, 2.75) is 69.9 Å². The molecule has 1 aliphatic heterocycles. The van der Waals surface area contributed by atoms with Crippen LogP contribution < -0.4 is 15.0 Å². The van der Waals surface area contributed by atoms with Gasteiger partial charge < -0.3 is 15.0 Å². The van der Waals surface area contributed by atoms with E-state index in [1.54, 1.807) is 29.2 Å². The van der Waals surface area contributed by atoms with Gasteiger partial charge in [0.25, 0.3) is 5.91 Å². The molecule has 1 aromatic rings. The van der Waals surface area contributed by atoms with Gasteiger partial charge in [-0.15, -0.1) is 0 Å². The molecule has 0 bridgehead atoms. The van der Waals surface area contributed by atoms with E-state index in [0.717, 1.165) is 6.54 Å². The zero-order chi connectivity index (χ0) is 18.4. The molecular formula is C21H32ClN2O2+. The zero-order valence-corrected chi connectivity index (χ0v) is 16.6. The molecule has 4 nitrogen and oxygen atoms in total. The van der Waals surface area contributed by atoms with Gasteiger partial charge in [-0.3, -0.25) is 4.79 Å². The summed E-state index contributed by atoms with van der Waals surface area (Å²) in [5.41, 5.74) is 0.230. The largest absolute Gasteiger partial charge is 0.481 e. The Kier molecular flexibility index (Phi) is 6.82. The third kappa shape index (κ3) is 4.92. The van der Waals surface area contributed by atoms with Crippen LogP contribution in [-0.2, 0) is 4.79 Å². The van der Waals surface area contributed by atoms with E-state index in [1.807, 2.05) is 6.92 Å². The molecule has 5 heteroatoms. The quantitative estimate of drug-likeness (QED) is 0.797. The normalized spacial score (nSPS) is 21.8. The van der Waals surface area contributed by atoms with Crippen LogP contribution in [0.3, 0.4) is 0 Å². The molecule has 1 saturated heterocycles. The first-order chi connectivity index (χ1) is 12.6. The number of nitrogens with one attached hydrogen (secondary N) is 2. The van der Waals surface area contributed by atoms with E-state index >= 15 is 0 Å². The molecule has 2 fully saturated rings. The van der Waals surface area contributed by atoms with Crippen LogP contribution in [0.25, 0.3) is 0 Å². The Labute approximate surface area is 162 Å². The molecule has 2 N–H and O–H groups in total. The topological polar surface area (TPSA) is 42.8 Å². The Bertz CT molecular complexity index is 578. The number of amides is 1. The van der Waals surface area contributed by atoms with Gasteiger partial charge in [-0.2, -0.15) is 0 Å². The minimum absolute atomic E-state index is 0.0266. The summed E-state index contributed by atoms with van der Waals surface area (Å²) in [5, 5.41) is 3.88. The van der Waals surface area contributed by atoms with Crippen LogP contribution in [0, 0.1) is 0 Å². The first-order valence-corrected chi connectivity index (χ1v) is 10.5. The standard InChI is InChI=1S/C21H31ClN2O2/c1-17(26-19-10-8-18(22)9-11-19)20(25)23-16-21(12-4-2-5-13-21)24-14-6-3-7-15-24/h8-11,17H,2-7,12-16H2,1H3,(H,23,25)/p+1/t17-/m0/s1. The smallest absolute Gasteiger partial charge is 0.261 e. The molecule has 0 radical (unpaired) electrons. The molecule has 26 heavy (non-hydrogen) atoms. The van der Waals surface area contributed by atoms with E-state index in [4.69, 9.17) is 16.3 Å². The second-order valence-electron chi connectivity index (χ2n) is 7.94. The molecule has 1 atom stereocenters. The number of halogens is 1. The molecule has 1 aliphatic carbocycles. The van der Waals surface area contributed by atoms with Gasteiger partial charge in [-0.25, -0.2) is 0 Å². The van der Waals surface area contributed by atoms with Crippen LogP contribution >= 0.6 is 11.6 Å². The van der Waals surface area contributed by atoms with Crippen molar-refractivity contribution >= 4 is 17.5 Å². The lowest BCUT2D eigenvalue weighted by Gasteiger charge is -2.45. The van der Waals surface area contributed by atoms with Gasteiger partial charge in [-0.05, 0) is 63.3 Å². The second kappa shape index (κ2) is 9.09. The van der Waals surface area contributed by atoms with Crippen LogP contribution in [0.5, 0.6) is 5.75 Å². The molecule has 0 unspecified atom stereocenters. The number of rotatable bonds is 6. The van der Waals surface area contributed by atoms with Crippen LogP contribution in [0.4, 0.5) is 0 Å². The Hall–Kier alpha value is -1.26. The average molecular weight is 380 g/mol. The Morgan fingerprint density at radius 2 is 1.73 bits per heavy atom. The minimum Gasteiger partial charge on any atom is -0.481 e. The first kappa shape index (κ1) is 19.5. The number of hydrogen-bond donors (Lipinski definition) is 2. The Balaban J connectivity index is 1.57. The summed E-state index contributed by atoms with van der Waals surface area (Å²) in [6, 6.07) is 7.15. The highest BCUT2D eigenvalue weighted by atomic mass is 35.5. The highest BCUT2D eigenvalue weighted by molar-refractivity contribution is 6.30. The van der Waals surface area contributed by atoms with Crippen LogP contribution in [0.2, 0.25) is 5.02 Å². The van der Waals surface area contributed by atoms with Gasteiger partial charge in [0.15, 0.2) is 6.10 Å². The zero-order valence-electron chi connectivity index (χ0n) is 15.9. The van der Waals surface area contributed by atoms with Gasteiger partial charge in [0.05, 0.1) is 19.6 Å². The number of benzene rings is 1. The summed E-state index contributed by atoms with van der Waals surface area (Å²) in [7, 11) is 0. The van der Waals surface area contributed by atoms with Gasteiger partial charge in [0.1, 0.15) is 11.3 Å². The maximum absolute atomic E-state index is 12.6. The molecule has 0 spiro atoms. The van der Waals surface area contributed by atoms with Crippen molar-refractivity contribution in [3.05, 3.63) is 29.3 Å². The van der Waals surface area contributed by atoms with E-state index < -0.39 is 6.10 Å². The fourth-order valence-corrected chi connectivity index (χ4v) is 4.69. The molecule has 3 rings (SSSR count). The lowest BCUT2D eigenvalue weighted by molar-refractivity contribution is -0.957. The summed E-state index contributed by atoms with van der Waals surface area (Å²) in [5.74, 6) is 0.646. The third-order valence-electron chi connectivity index (χ3n) is 6.11. The van der Waals surface area contributed by atoms with Crippen LogP contribution in [0.1, 0.15) is 58.3 Å². The fraction of sp³-hybridized carbons (Fsp3) is 0.667. The van der Waals surface area contributed by atoms with Crippen molar-refractivity contribution in [3.63, 3.8) is 0 Å². The highest BCUT2D eigenvalue weighted by Gasteiger charge is 2.42. The van der Waals surface area contributed by atoms with Gasteiger partial charge in [0.2, 0.25) is 0 Å². The van der Waals surface area contributed by atoms with Crippen molar-refractivity contribution in [1.29, 1.82) is 0 Å². The summed E-state index contributed by atoms with van der Waals surface area (Å²) < 4.78 is 5.77. The van der Waals surface area contributed by atoms with Crippen molar-refractivity contribution in [2.75, 3.05) is 19.6 Å². The van der Waals surface area contributed by atoms with Crippen molar-refractivity contribution < 1.29 is 14.4 Å². The molecule has 1 heterocycles. The summed E-state index contributed by atoms with van der Waals surface area (Å²) in [4.78, 5) is 14.3. The predicted molar refractivity (Wildman–Crippen MR) is 105 cm³/mol. The average Bonchev–Trinajstić information content (AvgIpc) is 2.69. The predicted octanol–water partition coefficient (Wildman–Crippen LogP) is 3.00. The Morgan fingerprint density at radius 1 is 1.12 bits per heavy atom. The number of carbonyl (C=O) groups is 1. The number of piperidine rings is 1. The number of likely N-dealkylation sites (tertiary alicyclic amines) is 1. The summed E-state index contributed by atoms with van der Waals surface area (Å²) in [6.45, 7) is 5.10. The maximum atomic E-state index is 12.6. The molecule has 1 saturated carbocycles. The molecular weight excluding hydrogens is 348 g/mol. The number of carbonyl (C=O) groups excluding carboxylic acids is 1. The second-order valence-corrected chi connectivity index (χ2v) is 8.37. The first-order valence-electron chi connectivity index (χ1n) is 10.1. The fourth-order valence-electron chi connectivity index (χ4n) is 4.56.